The van der Waals surface area contributed by atoms with E-state index in [0.29, 0.717) is 10.9 Å². The van der Waals surface area contributed by atoms with E-state index in [1.54, 1.807) is 17.0 Å². The zero-order valence-electron chi connectivity index (χ0n) is 6.84. The van der Waals surface area contributed by atoms with E-state index >= 15 is 0 Å². The molecule has 0 fully saturated rings. The van der Waals surface area contributed by atoms with Gasteiger partial charge in [-0.2, -0.15) is 0 Å². The molecule has 1 N–H and O–H groups in total. The lowest BCUT2D eigenvalue weighted by Crippen LogP contribution is -1.90. The third-order valence-electron chi connectivity index (χ3n) is 1.40. The van der Waals surface area contributed by atoms with E-state index in [1.807, 2.05) is 0 Å². The average Bonchev–Trinajstić information content (AvgIpc) is 2.75. The molecule has 0 radical (unpaired) electrons. The van der Waals surface area contributed by atoms with Crippen LogP contribution < -0.4 is 4.74 Å². The molecule has 0 atom stereocenters. The van der Waals surface area contributed by atoms with Gasteiger partial charge in [0.15, 0.2) is 0 Å². The number of carboxylic acid groups (broad SMARTS) is 1. The highest BCUT2D eigenvalue weighted by Crippen LogP contribution is 2.27. The molecule has 0 aliphatic rings. The summed E-state index contributed by atoms with van der Waals surface area (Å²) in [5.41, 5.74) is 0. The van der Waals surface area contributed by atoms with Crippen LogP contribution in [-0.2, 0) is 0 Å². The molecule has 2 aromatic rings. The molecule has 2 rings (SSSR count). The normalized spacial score (nSPS) is 10.0. The van der Waals surface area contributed by atoms with Crippen molar-refractivity contribution in [2.45, 2.75) is 0 Å². The zero-order valence-corrected chi connectivity index (χ0v) is 8.47. The van der Waals surface area contributed by atoms with Crippen molar-refractivity contribution in [3.05, 3.63) is 27.9 Å². The van der Waals surface area contributed by atoms with Crippen LogP contribution in [0, 0.1) is 0 Å². The van der Waals surface area contributed by atoms with Crippen molar-refractivity contribution in [2.24, 2.45) is 0 Å². The molecule has 0 amide bonds. The number of thiazole rings is 1. The van der Waals surface area contributed by atoms with Gasteiger partial charge in [0.05, 0.1) is 0 Å². The first kappa shape index (κ1) is 9.17. The minimum absolute atomic E-state index is 0.261. The summed E-state index contributed by atoms with van der Waals surface area (Å²) in [6.07, 6.45) is 1.63. The van der Waals surface area contributed by atoms with Crippen LogP contribution in [0.3, 0.4) is 0 Å². The highest BCUT2D eigenvalue weighted by molar-refractivity contribution is 7.12. The lowest BCUT2D eigenvalue weighted by molar-refractivity contribution is 0.0702. The molecular weight excluding hydrogens is 222 g/mol. The molecule has 72 valence electrons. The second-order valence-electron chi connectivity index (χ2n) is 2.35. The van der Waals surface area contributed by atoms with Gasteiger partial charge in [0.25, 0.3) is 5.19 Å². The molecule has 14 heavy (non-hydrogen) atoms. The van der Waals surface area contributed by atoms with Gasteiger partial charge in [-0.15, -0.1) is 11.3 Å². The van der Waals surface area contributed by atoms with Crippen LogP contribution >= 0.6 is 22.7 Å². The van der Waals surface area contributed by atoms with Gasteiger partial charge in [0, 0.05) is 23.0 Å². The molecule has 0 bridgehead atoms. The van der Waals surface area contributed by atoms with Gasteiger partial charge in [-0.05, 0) is 0 Å². The zero-order chi connectivity index (χ0) is 9.97. The summed E-state index contributed by atoms with van der Waals surface area (Å²) in [7, 11) is 0. The van der Waals surface area contributed by atoms with Crippen LogP contribution in [-0.4, -0.2) is 16.1 Å². The number of ether oxygens (including phenoxy) is 1. The molecule has 0 saturated carbocycles. The van der Waals surface area contributed by atoms with Gasteiger partial charge in [0.1, 0.15) is 10.6 Å². The van der Waals surface area contributed by atoms with E-state index in [2.05, 4.69) is 4.98 Å². The Kier molecular flexibility index (Phi) is 2.47. The number of aromatic carboxylic acids is 1. The second kappa shape index (κ2) is 3.77. The second-order valence-corrected chi connectivity index (χ2v) is 4.12. The van der Waals surface area contributed by atoms with Crippen LogP contribution in [0.15, 0.2) is 23.0 Å². The molecule has 0 unspecified atom stereocenters. The van der Waals surface area contributed by atoms with Crippen LogP contribution in [0.2, 0.25) is 0 Å². The van der Waals surface area contributed by atoms with Crippen molar-refractivity contribution < 1.29 is 14.6 Å². The summed E-state index contributed by atoms with van der Waals surface area (Å²) in [6.45, 7) is 0. The first-order valence-corrected chi connectivity index (χ1v) is 5.41. The number of nitrogens with zero attached hydrogens (tertiary/aromatic N) is 1. The maximum absolute atomic E-state index is 10.6. The molecule has 0 spiro atoms. The molecule has 2 heterocycles. The fraction of sp³-hybridized carbons (Fsp3) is 0. The van der Waals surface area contributed by atoms with E-state index in [4.69, 9.17) is 9.84 Å². The fourth-order valence-corrected chi connectivity index (χ4v) is 1.99. The molecule has 6 heteroatoms. The average molecular weight is 227 g/mol. The minimum Gasteiger partial charge on any atom is -0.477 e. The van der Waals surface area contributed by atoms with Crippen molar-refractivity contribution in [3.8, 4) is 10.9 Å². The van der Waals surface area contributed by atoms with E-state index in [0.717, 1.165) is 11.3 Å². The van der Waals surface area contributed by atoms with Crippen molar-refractivity contribution in [3.63, 3.8) is 0 Å². The van der Waals surface area contributed by atoms with E-state index in [9.17, 15) is 4.79 Å². The van der Waals surface area contributed by atoms with Gasteiger partial charge in [-0.25, -0.2) is 9.78 Å². The summed E-state index contributed by atoms with van der Waals surface area (Å²) in [5.74, 6) is -0.425. The fourth-order valence-electron chi connectivity index (χ4n) is 0.846. The quantitative estimate of drug-likeness (QED) is 0.875. The van der Waals surface area contributed by atoms with Gasteiger partial charge < -0.3 is 9.84 Å². The smallest absolute Gasteiger partial charge is 0.346 e. The van der Waals surface area contributed by atoms with Gasteiger partial charge in [0.2, 0.25) is 0 Å². The van der Waals surface area contributed by atoms with Crippen LogP contribution in [0.5, 0.6) is 10.9 Å². The topological polar surface area (TPSA) is 59.4 Å². The Morgan fingerprint density at radius 1 is 1.50 bits per heavy atom. The van der Waals surface area contributed by atoms with E-state index in [-0.39, 0.29) is 4.88 Å². The minimum atomic E-state index is -0.941. The standard InChI is InChI=1S/C8H5NO3S2/c10-7(11)6-3-5(4-14-6)12-8-9-1-2-13-8/h1-4H,(H,10,11). The summed E-state index contributed by atoms with van der Waals surface area (Å²) >= 11 is 2.49. The molecule has 4 nitrogen and oxygen atoms in total. The number of rotatable bonds is 3. The number of hydrogen-bond donors (Lipinski definition) is 1. The highest BCUT2D eigenvalue weighted by Gasteiger charge is 2.08. The summed E-state index contributed by atoms with van der Waals surface area (Å²) < 4.78 is 5.30. The number of carbonyl (C=O) groups is 1. The Labute approximate surface area is 87.4 Å². The molecule has 0 saturated heterocycles. The van der Waals surface area contributed by atoms with Gasteiger partial charge in [-0.1, -0.05) is 11.3 Å². The predicted molar refractivity (Wildman–Crippen MR) is 53.5 cm³/mol. The molecule has 0 aliphatic carbocycles. The number of carboxylic acids is 1. The van der Waals surface area contributed by atoms with Crippen LogP contribution in [0.25, 0.3) is 0 Å². The Balaban J connectivity index is 2.14. The van der Waals surface area contributed by atoms with Crippen molar-refractivity contribution in [2.75, 3.05) is 0 Å². The van der Waals surface area contributed by atoms with Gasteiger partial charge in [-0.3, -0.25) is 0 Å². The van der Waals surface area contributed by atoms with E-state index < -0.39 is 5.97 Å². The first-order chi connectivity index (χ1) is 6.75. The summed E-state index contributed by atoms with van der Waals surface area (Å²) in [6, 6.07) is 1.48. The monoisotopic (exact) mass is 227 g/mol. The maximum atomic E-state index is 10.6. The van der Waals surface area contributed by atoms with E-state index in [1.165, 1.54) is 17.4 Å². The Bertz CT molecular complexity index is 435. The van der Waals surface area contributed by atoms with Crippen molar-refractivity contribution in [1.29, 1.82) is 0 Å². The Hall–Kier alpha value is -1.40. The van der Waals surface area contributed by atoms with Crippen molar-refractivity contribution in [1.82, 2.24) is 4.98 Å². The summed E-state index contributed by atoms with van der Waals surface area (Å²) in [5, 5.41) is 12.6. The highest BCUT2D eigenvalue weighted by atomic mass is 32.1. The molecule has 0 aliphatic heterocycles. The van der Waals surface area contributed by atoms with Gasteiger partial charge >= 0.3 is 5.97 Å². The Morgan fingerprint density at radius 3 is 2.93 bits per heavy atom. The lowest BCUT2D eigenvalue weighted by Gasteiger charge is -1.94. The summed E-state index contributed by atoms with van der Waals surface area (Å²) in [4.78, 5) is 14.7. The first-order valence-electron chi connectivity index (χ1n) is 3.65. The predicted octanol–water partition coefficient (Wildman–Crippen LogP) is 2.70. The molecular formula is C8H5NO3S2. The number of aromatic nitrogens is 1. The SMILES string of the molecule is O=C(O)c1cc(Oc2nccs2)cs1. The van der Waals surface area contributed by atoms with Crippen molar-refractivity contribution >= 4 is 28.6 Å². The third-order valence-corrected chi connectivity index (χ3v) is 2.95. The molecule has 0 aromatic carbocycles. The van der Waals surface area contributed by atoms with Crippen LogP contribution in [0.4, 0.5) is 0 Å². The lowest BCUT2D eigenvalue weighted by atomic mass is 10.4. The number of thiophene rings is 1. The van der Waals surface area contributed by atoms with Crippen LogP contribution in [0.1, 0.15) is 9.67 Å². The third kappa shape index (κ3) is 1.91. The largest absolute Gasteiger partial charge is 0.477 e. The number of hydrogen-bond acceptors (Lipinski definition) is 5. The molecule has 2 aromatic heterocycles. The Morgan fingerprint density at radius 2 is 2.36 bits per heavy atom. The maximum Gasteiger partial charge on any atom is 0.346 e.